The van der Waals surface area contributed by atoms with Gasteiger partial charge in [-0.2, -0.15) is 0 Å². The van der Waals surface area contributed by atoms with Crippen molar-refractivity contribution in [2.75, 3.05) is 13.3 Å². The zero-order valence-corrected chi connectivity index (χ0v) is 18.0. The highest BCUT2D eigenvalue weighted by atomic mass is 16.6. The molecule has 0 saturated heterocycles. The molecular formula is C24H28N2O5. The number of esters is 1. The Hall–Kier alpha value is -3.35. The quantitative estimate of drug-likeness (QED) is 0.499. The van der Waals surface area contributed by atoms with E-state index in [0.717, 1.165) is 22.3 Å². The van der Waals surface area contributed by atoms with Crippen LogP contribution in [-0.2, 0) is 19.1 Å². The van der Waals surface area contributed by atoms with Crippen LogP contribution in [0.2, 0.25) is 0 Å². The van der Waals surface area contributed by atoms with Crippen LogP contribution in [-0.4, -0.2) is 37.3 Å². The van der Waals surface area contributed by atoms with Crippen LogP contribution >= 0.6 is 0 Å². The van der Waals surface area contributed by atoms with Crippen LogP contribution in [0.4, 0.5) is 4.79 Å². The van der Waals surface area contributed by atoms with Crippen molar-refractivity contribution in [2.24, 2.45) is 5.92 Å². The first kappa shape index (κ1) is 22.3. The van der Waals surface area contributed by atoms with Gasteiger partial charge in [0.25, 0.3) is 0 Å². The maximum Gasteiger partial charge on any atom is 0.407 e. The maximum absolute atomic E-state index is 12.5. The van der Waals surface area contributed by atoms with Crippen molar-refractivity contribution in [2.45, 2.75) is 39.2 Å². The van der Waals surface area contributed by atoms with Crippen LogP contribution in [0.25, 0.3) is 11.1 Å². The fourth-order valence-corrected chi connectivity index (χ4v) is 3.82. The number of benzene rings is 2. The van der Waals surface area contributed by atoms with Gasteiger partial charge in [-0.05, 0) is 34.6 Å². The molecule has 31 heavy (non-hydrogen) atoms. The summed E-state index contributed by atoms with van der Waals surface area (Å²) < 4.78 is 10.3. The van der Waals surface area contributed by atoms with Crippen molar-refractivity contribution in [3.63, 3.8) is 0 Å². The molecule has 0 bridgehead atoms. The van der Waals surface area contributed by atoms with Gasteiger partial charge in [0, 0.05) is 12.8 Å². The molecule has 7 nitrogen and oxygen atoms in total. The first-order valence-electron chi connectivity index (χ1n) is 10.4. The second-order valence-corrected chi connectivity index (χ2v) is 7.97. The number of carbonyl (C=O) groups is 3. The number of hydrogen-bond acceptors (Lipinski definition) is 5. The summed E-state index contributed by atoms with van der Waals surface area (Å²) >= 11 is 0. The monoisotopic (exact) mass is 424 g/mol. The van der Waals surface area contributed by atoms with Crippen molar-refractivity contribution in [3.05, 3.63) is 59.7 Å². The Morgan fingerprint density at radius 1 is 0.935 bits per heavy atom. The van der Waals surface area contributed by atoms with Gasteiger partial charge in [-0.1, -0.05) is 62.4 Å². The van der Waals surface area contributed by atoms with E-state index in [-0.39, 0.29) is 25.2 Å². The zero-order valence-electron chi connectivity index (χ0n) is 18.0. The number of nitrogens with one attached hydrogen (secondary N) is 2. The zero-order chi connectivity index (χ0) is 22.4. The molecule has 0 saturated carbocycles. The minimum atomic E-state index is -0.786. The smallest absolute Gasteiger partial charge is 0.407 e. The number of rotatable bonds is 8. The second kappa shape index (κ2) is 10.1. The molecule has 164 valence electrons. The highest BCUT2D eigenvalue weighted by Gasteiger charge is 2.30. The first-order chi connectivity index (χ1) is 14.9. The average Bonchev–Trinajstić information content (AvgIpc) is 3.05. The van der Waals surface area contributed by atoms with Crippen molar-refractivity contribution in [1.29, 1.82) is 0 Å². The van der Waals surface area contributed by atoms with Crippen molar-refractivity contribution >= 4 is 18.0 Å². The van der Waals surface area contributed by atoms with E-state index >= 15 is 0 Å². The van der Waals surface area contributed by atoms with Gasteiger partial charge in [0.15, 0.2) is 6.73 Å². The Morgan fingerprint density at radius 2 is 1.52 bits per heavy atom. The summed E-state index contributed by atoms with van der Waals surface area (Å²) in [5.41, 5.74) is 4.54. The lowest BCUT2D eigenvalue weighted by Crippen LogP contribution is -2.48. The summed E-state index contributed by atoms with van der Waals surface area (Å²) in [5.74, 6) is -0.813. The molecule has 7 heteroatoms. The van der Waals surface area contributed by atoms with Crippen LogP contribution in [0.5, 0.6) is 0 Å². The highest BCUT2D eigenvalue weighted by molar-refractivity contribution is 5.85. The molecule has 1 aliphatic rings. The van der Waals surface area contributed by atoms with Crippen LogP contribution < -0.4 is 10.6 Å². The van der Waals surface area contributed by atoms with Gasteiger partial charge in [0.1, 0.15) is 12.6 Å². The molecule has 1 aliphatic carbocycles. The van der Waals surface area contributed by atoms with E-state index in [4.69, 9.17) is 9.47 Å². The number of hydrogen-bond donors (Lipinski definition) is 2. The maximum atomic E-state index is 12.5. The number of carbonyl (C=O) groups excluding carboxylic acids is 3. The van der Waals surface area contributed by atoms with Gasteiger partial charge in [-0.25, -0.2) is 4.79 Å². The molecule has 0 heterocycles. The molecule has 0 aliphatic heterocycles. The van der Waals surface area contributed by atoms with E-state index in [0.29, 0.717) is 6.42 Å². The SMILES string of the molecule is CC(=O)OCNC(=O)[C@H](CC(C)C)NC(=O)OCC1c2ccccc2-c2ccccc21. The van der Waals surface area contributed by atoms with Crippen LogP contribution in [0.1, 0.15) is 44.2 Å². The lowest BCUT2D eigenvalue weighted by Gasteiger charge is -2.21. The fraction of sp³-hybridized carbons (Fsp3) is 0.375. The lowest BCUT2D eigenvalue weighted by molar-refractivity contribution is -0.143. The number of fused-ring (bicyclic) bond motifs is 3. The predicted molar refractivity (Wildman–Crippen MR) is 116 cm³/mol. The second-order valence-electron chi connectivity index (χ2n) is 7.97. The van der Waals surface area contributed by atoms with Gasteiger partial charge in [-0.3, -0.25) is 9.59 Å². The predicted octanol–water partition coefficient (Wildman–Crippen LogP) is 3.58. The molecular weight excluding hydrogens is 396 g/mol. The van der Waals surface area contributed by atoms with Gasteiger partial charge < -0.3 is 20.1 Å². The van der Waals surface area contributed by atoms with Crippen LogP contribution in [0.15, 0.2) is 48.5 Å². The molecule has 2 aromatic carbocycles. The minimum absolute atomic E-state index is 0.0560. The molecule has 0 unspecified atom stereocenters. The normalized spacial score (nSPS) is 13.2. The fourth-order valence-electron chi connectivity index (χ4n) is 3.82. The summed E-state index contributed by atoms with van der Waals surface area (Å²) in [5, 5.41) is 5.14. The first-order valence-corrected chi connectivity index (χ1v) is 10.4. The molecule has 2 aromatic rings. The number of amides is 2. The third-order valence-electron chi connectivity index (χ3n) is 5.18. The Bertz CT molecular complexity index is 911. The van der Waals surface area contributed by atoms with E-state index in [9.17, 15) is 14.4 Å². The van der Waals surface area contributed by atoms with Crippen molar-refractivity contribution < 1.29 is 23.9 Å². The Balaban J connectivity index is 1.62. The summed E-state index contributed by atoms with van der Waals surface area (Å²) in [6.07, 6.45) is -0.231. The van der Waals surface area contributed by atoms with Gasteiger partial charge in [0.05, 0.1) is 0 Å². The van der Waals surface area contributed by atoms with E-state index < -0.39 is 24.0 Å². The van der Waals surface area contributed by atoms with Gasteiger partial charge in [-0.15, -0.1) is 0 Å². The number of alkyl carbamates (subject to hydrolysis) is 1. The molecule has 2 amide bonds. The third kappa shape index (κ3) is 5.63. The van der Waals surface area contributed by atoms with Crippen molar-refractivity contribution in [3.8, 4) is 11.1 Å². The van der Waals surface area contributed by atoms with Crippen molar-refractivity contribution in [1.82, 2.24) is 10.6 Å². The molecule has 0 radical (unpaired) electrons. The Labute approximate surface area is 182 Å². The van der Waals surface area contributed by atoms with E-state index in [2.05, 4.69) is 22.8 Å². The Morgan fingerprint density at radius 3 is 2.06 bits per heavy atom. The van der Waals surface area contributed by atoms with E-state index in [1.807, 2.05) is 50.2 Å². The summed E-state index contributed by atoms with van der Waals surface area (Å²) in [7, 11) is 0. The van der Waals surface area contributed by atoms with E-state index in [1.54, 1.807) is 0 Å². The molecule has 1 atom stereocenters. The Kier molecular flexibility index (Phi) is 7.28. The van der Waals surface area contributed by atoms with Gasteiger partial charge in [0.2, 0.25) is 5.91 Å². The largest absolute Gasteiger partial charge is 0.449 e. The molecule has 0 aromatic heterocycles. The summed E-state index contributed by atoms with van der Waals surface area (Å²) in [6, 6.07) is 15.4. The van der Waals surface area contributed by atoms with Gasteiger partial charge >= 0.3 is 12.1 Å². The van der Waals surface area contributed by atoms with Crippen LogP contribution in [0, 0.1) is 5.92 Å². The molecule has 0 fully saturated rings. The van der Waals surface area contributed by atoms with E-state index in [1.165, 1.54) is 6.92 Å². The molecule has 0 spiro atoms. The molecule has 2 N–H and O–H groups in total. The topological polar surface area (TPSA) is 93.7 Å². The lowest BCUT2D eigenvalue weighted by atomic mass is 9.98. The van der Waals surface area contributed by atoms with Crippen LogP contribution in [0.3, 0.4) is 0 Å². The summed E-state index contributed by atoms with van der Waals surface area (Å²) in [6.45, 7) is 5.09. The number of ether oxygens (including phenoxy) is 2. The standard InChI is InChI=1S/C24H28N2O5/c1-15(2)12-22(23(28)25-14-31-16(3)27)26-24(29)30-13-21-19-10-6-4-8-17(19)18-9-5-7-11-20(18)21/h4-11,15,21-22H,12-14H2,1-3H3,(H,25,28)(H,26,29)/t22-/m0/s1. The third-order valence-corrected chi connectivity index (χ3v) is 5.18. The minimum Gasteiger partial charge on any atom is -0.449 e. The highest BCUT2D eigenvalue weighted by Crippen LogP contribution is 2.44. The average molecular weight is 424 g/mol. The molecule has 3 rings (SSSR count). The summed E-state index contributed by atoms with van der Waals surface area (Å²) in [4.78, 5) is 35.8.